The Morgan fingerprint density at radius 2 is 1.55 bits per heavy atom. The minimum Gasteiger partial charge on any atom is -0.465 e. The van der Waals surface area contributed by atoms with Gasteiger partial charge in [0, 0.05) is 22.7 Å². The van der Waals surface area contributed by atoms with Crippen molar-refractivity contribution in [2.24, 2.45) is 0 Å². The van der Waals surface area contributed by atoms with Gasteiger partial charge in [0.1, 0.15) is 11.5 Å². The Balaban J connectivity index is 1.64. The fourth-order valence-electron chi connectivity index (χ4n) is 2.98. The molecule has 2 amide bonds. The summed E-state index contributed by atoms with van der Waals surface area (Å²) < 4.78 is 5.31. The van der Waals surface area contributed by atoms with Crippen molar-refractivity contribution in [2.45, 2.75) is 0 Å². The van der Waals surface area contributed by atoms with Gasteiger partial charge in [0.05, 0.1) is 6.26 Å². The highest BCUT2D eigenvalue weighted by atomic mass is 16.3. The van der Waals surface area contributed by atoms with Crippen molar-refractivity contribution in [1.82, 2.24) is 5.32 Å². The standard InChI is InChI=1S/C24H18N2O3/c27-23(18-9-2-1-3-10-18)26-22(16-19-12-7-15-29-19)24(28)25-21-14-6-11-17-8-4-5-13-20(17)21/h1-16H,(H,25,28)(H,26,27). The molecule has 1 heterocycles. The van der Waals surface area contributed by atoms with Gasteiger partial charge >= 0.3 is 0 Å². The summed E-state index contributed by atoms with van der Waals surface area (Å²) in [5.41, 5.74) is 1.20. The molecule has 0 spiro atoms. The van der Waals surface area contributed by atoms with Crippen molar-refractivity contribution in [3.05, 3.63) is 108 Å². The van der Waals surface area contributed by atoms with Crippen molar-refractivity contribution in [3.63, 3.8) is 0 Å². The van der Waals surface area contributed by atoms with Gasteiger partial charge in [0.15, 0.2) is 0 Å². The third-order valence-corrected chi connectivity index (χ3v) is 4.40. The van der Waals surface area contributed by atoms with E-state index in [0.717, 1.165) is 10.8 Å². The van der Waals surface area contributed by atoms with Gasteiger partial charge in [0.2, 0.25) is 0 Å². The molecular weight excluding hydrogens is 364 g/mol. The lowest BCUT2D eigenvalue weighted by atomic mass is 10.1. The molecule has 5 heteroatoms. The summed E-state index contributed by atoms with van der Waals surface area (Å²) >= 11 is 0. The van der Waals surface area contributed by atoms with Gasteiger partial charge in [-0.05, 0) is 35.7 Å². The molecule has 4 rings (SSSR count). The van der Waals surface area contributed by atoms with Crippen LogP contribution in [0.1, 0.15) is 16.1 Å². The number of benzene rings is 3. The number of rotatable bonds is 5. The molecule has 0 fully saturated rings. The molecule has 2 N–H and O–H groups in total. The van der Waals surface area contributed by atoms with Crippen LogP contribution in [0.5, 0.6) is 0 Å². The molecule has 0 aliphatic heterocycles. The summed E-state index contributed by atoms with van der Waals surface area (Å²) in [4.78, 5) is 25.6. The zero-order valence-electron chi connectivity index (χ0n) is 15.5. The molecule has 4 aromatic rings. The fourth-order valence-corrected chi connectivity index (χ4v) is 2.98. The van der Waals surface area contributed by atoms with Gasteiger partial charge in [-0.15, -0.1) is 0 Å². The maximum absolute atomic E-state index is 13.0. The summed E-state index contributed by atoms with van der Waals surface area (Å²) in [5, 5.41) is 7.50. The highest BCUT2D eigenvalue weighted by molar-refractivity contribution is 6.13. The first-order chi connectivity index (χ1) is 14.2. The summed E-state index contributed by atoms with van der Waals surface area (Å²) in [5.74, 6) is -0.361. The molecule has 0 saturated heterocycles. The average Bonchev–Trinajstić information content (AvgIpc) is 3.27. The lowest BCUT2D eigenvalue weighted by Crippen LogP contribution is -2.30. The summed E-state index contributed by atoms with van der Waals surface area (Å²) in [6.45, 7) is 0. The molecule has 0 saturated carbocycles. The van der Waals surface area contributed by atoms with Crippen LogP contribution in [0.2, 0.25) is 0 Å². The quantitative estimate of drug-likeness (QED) is 0.485. The lowest BCUT2D eigenvalue weighted by molar-refractivity contribution is -0.113. The smallest absolute Gasteiger partial charge is 0.272 e. The Bertz CT molecular complexity index is 1170. The zero-order valence-corrected chi connectivity index (χ0v) is 15.5. The first kappa shape index (κ1) is 18.3. The van der Waals surface area contributed by atoms with Crippen molar-refractivity contribution < 1.29 is 14.0 Å². The molecule has 29 heavy (non-hydrogen) atoms. The molecule has 0 radical (unpaired) electrons. The minimum absolute atomic E-state index is 0.0849. The molecule has 1 aromatic heterocycles. The number of amides is 2. The van der Waals surface area contributed by atoms with Crippen molar-refractivity contribution in [3.8, 4) is 0 Å². The van der Waals surface area contributed by atoms with Crippen molar-refractivity contribution in [2.75, 3.05) is 5.32 Å². The number of carbonyl (C=O) groups is 2. The lowest BCUT2D eigenvalue weighted by Gasteiger charge is -2.12. The Morgan fingerprint density at radius 1 is 0.793 bits per heavy atom. The number of furan rings is 1. The fraction of sp³-hybridized carbons (Fsp3) is 0. The molecular formula is C24H18N2O3. The SMILES string of the molecule is O=C(Nc1cccc2ccccc12)C(=Cc1ccco1)NC(=O)c1ccccc1. The minimum atomic E-state index is -0.443. The number of carbonyl (C=O) groups excluding carboxylic acids is 2. The maximum Gasteiger partial charge on any atom is 0.272 e. The van der Waals surface area contributed by atoms with Crippen LogP contribution in [0.4, 0.5) is 5.69 Å². The van der Waals surface area contributed by atoms with E-state index < -0.39 is 5.91 Å². The van der Waals surface area contributed by atoms with E-state index in [1.807, 2.05) is 48.5 Å². The summed E-state index contributed by atoms with van der Waals surface area (Å²) in [7, 11) is 0. The Morgan fingerprint density at radius 3 is 2.34 bits per heavy atom. The van der Waals surface area contributed by atoms with Crippen LogP contribution in [-0.2, 0) is 4.79 Å². The predicted octanol–water partition coefficient (Wildman–Crippen LogP) is 4.84. The highest BCUT2D eigenvalue weighted by Gasteiger charge is 2.16. The monoisotopic (exact) mass is 382 g/mol. The number of anilines is 1. The third-order valence-electron chi connectivity index (χ3n) is 4.40. The molecule has 0 atom stereocenters. The van der Waals surface area contributed by atoms with E-state index in [0.29, 0.717) is 17.0 Å². The third kappa shape index (κ3) is 4.25. The van der Waals surface area contributed by atoms with Crippen LogP contribution in [0.3, 0.4) is 0 Å². The average molecular weight is 382 g/mol. The van der Waals surface area contributed by atoms with Crippen LogP contribution < -0.4 is 10.6 Å². The second-order valence-corrected chi connectivity index (χ2v) is 6.37. The van der Waals surface area contributed by atoms with E-state index in [-0.39, 0.29) is 11.6 Å². The van der Waals surface area contributed by atoms with Crippen LogP contribution in [0, 0.1) is 0 Å². The molecule has 142 valence electrons. The van der Waals surface area contributed by atoms with E-state index in [2.05, 4.69) is 10.6 Å². The molecule has 0 bridgehead atoms. The molecule has 0 aliphatic rings. The zero-order chi connectivity index (χ0) is 20.1. The topological polar surface area (TPSA) is 71.3 Å². The van der Waals surface area contributed by atoms with E-state index in [1.54, 1.807) is 36.4 Å². The second kappa shape index (κ2) is 8.27. The van der Waals surface area contributed by atoms with E-state index in [4.69, 9.17) is 4.42 Å². The van der Waals surface area contributed by atoms with Gasteiger partial charge in [-0.2, -0.15) is 0 Å². The maximum atomic E-state index is 13.0. The normalized spacial score (nSPS) is 11.2. The van der Waals surface area contributed by atoms with Gasteiger partial charge in [-0.25, -0.2) is 0 Å². The molecule has 0 aliphatic carbocycles. The Hall–Kier alpha value is -4.12. The number of nitrogens with one attached hydrogen (secondary N) is 2. The Kier molecular flexibility index (Phi) is 5.21. The van der Waals surface area contributed by atoms with Crippen LogP contribution in [0.25, 0.3) is 16.8 Å². The molecule has 0 unspecified atom stereocenters. The number of hydrogen-bond donors (Lipinski definition) is 2. The number of fused-ring (bicyclic) bond motifs is 1. The van der Waals surface area contributed by atoms with Gasteiger partial charge in [-0.1, -0.05) is 54.6 Å². The van der Waals surface area contributed by atoms with Crippen LogP contribution >= 0.6 is 0 Å². The molecule has 3 aromatic carbocycles. The van der Waals surface area contributed by atoms with Crippen LogP contribution in [0.15, 0.2) is 101 Å². The van der Waals surface area contributed by atoms with Gasteiger partial charge in [0.25, 0.3) is 11.8 Å². The van der Waals surface area contributed by atoms with E-state index in [9.17, 15) is 9.59 Å². The van der Waals surface area contributed by atoms with Gasteiger partial charge < -0.3 is 15.1 Å². The number of hydrogen-bond acceptors (Lipinski definition) is 3. The Labute approximate surface area is 167 Å². The first-order valence-electron chi connectivity index (χ1n) is 9.11. The van der Waals surface area contributed by atoms with E-state index in [1.165, 1.54) is 12.3 Å². The second-order valence-electron chi connectivity index (χ2n) is 6.37. The van der Waals surface area contributed by atoms with Crippen LogP contribution in [-0.4, -0.2) is 11.8 Å². The largest absolute Gasteiger partial charge is 0.465 e. The highest BCUT2D eigenvalue weighted by Crippen LogP contribution is 2.23. The predicted molar refractivity (Wildman–Crippen MR) is 113 cm³/mol. The first-order valence-corrected chi connectivity index (χ1v) is 9.11. The van der Waals surface area contributed by atoms with E-state index >= 15 is 0 Å². The van der Waals surface area contributed by atoms with Crippen molar-refractivity contribution >= 4 is 34.4 Å². The van der Waals surface area contributed by atoms with Crippen molar-refractivity contribution in [1.29, 1.82) is 0 Å². The summed E-state index contributed by atoms with van der Waals surface area (Å²) in [6.07, 6.45) is 3.01. The van der Waals surface area contributed by atoms with Gasteiger partial charge in [-0.3, -0.25) is 9.59 Å². The summed E-state index contributed by atoms with van der Waals surface area (Å²) in [6, 6.07) is 25.6. The molecule has 5 nitrogen and oxygen atoms in total.